The zero-order valence-corrected chi connectivity index (χ0v) is 12.6. The summed E-state index contributed by atoms with van der Waals surface area (Å²) in [5.41, 5.74) is 2.03. The molecular weight excluding hydrogens is 290 g/mol. The number of carbonyl (C=O) groups excluding carboxylic acids is 1. The lowest BCUT2D eigenvalue weighted by Gasteiger charge is -2.21. The maximum Gasteiger partial charge on any atom is 0.292 e. The average molecular weight is 307 g/mol. The van der Waals surface area contributed by atoms with Gasteiger partial charge in [0.05, 0.1) is 18.4 Å². The number of carbonyl (C=O) groups is 1. The fourth-order valence-electron chi connectivity index (χ4n) is 2.33. The molecule has 2 aromatic heterocycles. The predicted octanol–water partition coefficient (Wildman–Crippen LogP) is 2.95. The van der Waals surface area contributed by atoms with Crippen molar-refractivity contribution in [1.29, 1.82) is 0 Å². The fourth-order valence-corrected chi connectivity index (χ4v) is 2.33. The van der Waals surface area contributed by atoms with E-state index in [1.165, 1.54) is 11.8 Å². The molecule has 1 aromatic carbocycles. The third kappa shape index (κ3) is 4.03. The summed E-state index contributed by atoms with van der Waals surface area (Å²) in [5.74, 6) is 0.0677. The van der Waals surface area contributed by atoms with Gasteiger partial charge in [0.2, 0.25) is 5.76 Å². The topological polar surface area (TPSA) is 59.2 Å². The summed E-state index contributed by atoms with van der Waals surface area (Å²) in [6.45, 7) is 1.02. The second-order valence-electron chi connectivity index (χ2n) is 5.16. The van der Waals surface area contributed by atoms with Crippen LogP contribution >= 0.6 is 0 Å². The smallest absolute Gasteiger partial charge is 0.292 e. The van der Waals surface area contributed by atoms with E-state index in [2.05, 4.69) is 22.3 Å². The van der Waals surface area contributed by atoms with E-state index in [0.717, 1.165) is 12.1 Å². The van der Waals surface area contributed by atoms with Crippen molar-refractivity contribution in [2.45, 2.75) is 13.0 Å². The summed E-state index contributed by atoms with van der Waals surface area (Å²) in [6.07, 6.45) is 3.97. The lowest BCUT2D eigenvalue weighted by molar-refractivity contribution is 0.0701. The molecule has 0 unspecified atom stereocenters. The first-order chi connectivity index (χ1) is 11.3. The molecule has 5 heteroatoms. The molecule has 23 heavy (non-hydrogen) atoms. The van der Waals surface area contributed by atoms with Gasteiger partial charge < -0.3 is 9.42 Å². The highest BCUT2D eigenvalue weighted by Crippen LogP contribution is 2.10. The third-order valence-electron chi connectivity index (χ3n) is 3.53. The molecule has 3 aromatic rings. The third-order valence-corrected chi connectivity index (χ3v) is 3.53. The molecule has 0 fully saturated rings. The Bertz CT molecular complexity index is 727. The first-order valence-electron chi connectivity index (χ1n) is 7.47. The predicted molar refractivity (Wildman–Crippen MR) is 85.6 cm³/mol. The van der Waals surface area contributed by atoms with Crippen molar-refractivity contribution in [2.24, 2.45) is 0 Å². The van der Waals surface area contributed by atoms with E-state index in [0.29, 0.717) is 13.1 Å². The summed E-state index contributed by atoms with van der Waals surface area (Å²) in [7, 11) is 0. The molecule has 0 saturated heterocycles. The molecule has 0 aliphatic rings. The normalized spacial score (nSPS) is 10.4. The number of pyridine rings is 1. The Labute approximate surface area is 134 Å². The number of amides is 1. The highest BCUT2D eigenvalue weighted by molar-refractivity contribution is 5.91. The Morgan fingerprint density at radius 1 is 1.00 bits per heavy atom. The molecule has 0 atom stereocenters. The van der Waals surface area contributed by atoms with Crippen LogP contribution in [0, 0.1) is 0 Å². The van der Waals surface area contributed by atoms with Crippen LogP contribution in [-0.2, 0) is 13.0 Å². The molecule has 0 aliphatic heterocycles. The van der Waals surface area contributed by atoms with Crippen LogP contribution in [0.5, 0.6) is 0 Å². The lowest BCUT2D eigenvalue weighted by Crippen LogP contribution is -2.32. The number of benzene rings is 1. The van der Waals surface area contributed by atoms with Crippen LogP contribution < -0.4 is 0 Å². The number of hydrogen-bond donors (Lipinski definition) is 0. The zero-order valence-electron chi connectivity index (χ0n) is 12.6. The van der Waals surface area contributed by atoms with Crippen LogP contribution in [-0.4, -0.2) is 27.5 Å². The standard InChI is InChI=1S/C18H17N3O2/c22-18(17-9-12-20-23-17)21(14-16-8-4-5-11-19-16)13-10-15-6-2-1-3-7-15/h1-9,11-12H,10,13-14H2. The van der Waals surface area contributed by atoms with E-state index in [1.54, 1.807) is 17.2 Å². The second kappa shape index (κ2) is 7.35. The minimum absolute atomic E-state index is 0.177. The minimum atomic E-state index is -0.177. The van der Waals surface area contributed by atoms with Gasteiger partial charge in [0.15, 0.2) is 0 Å². The Morgan fingerprint density at radius 3 is 2.52 bits per heavy atom. The SMILES string of the molecule is O=C(c1ccno1)N(CCc1ccccc1)Cc1ccccn1. The van der Waals surface area contributed by atoms with Gasteiger partial charge in [0, 0.05) is 18.8 Å². The van der Waals surface area contributed by atoms with Gasteiger partial charge in [-0.1, -0.05) is 41.6 Å². The quantitative estimate of drug-likeness (QED) is 0.702. The molecule has 0 saturated carbocycles. The van der Waals surface area contributed by atoms with Crippen LogP contribution in [0.1, 0.15) is 21.8 Å². The van der Waals surface area contributed by atoms with E-state index >= 15 is 0 Å². The van der Waals surface area contributed by atoms with Gasteiger partial charge in [-0.25, -0.2) is 0 Å². The molecular formula is C18H17N3O2. The first-order valence-corrected chi connectivity index (χ1v) is 7.47. The summed E-state index contributed by atoms with van der Waals surface area (Å²) in [4.78, 5) is 18.6. The molecule has 1 amide bonds. The molecule has 2 heterocycles. The van der Waals surface area contributed by atoms with Crippen molar-refractivity contribution in [2.75, 3.05) is 6.54 Å². The highest BCUT2D eigenvalue weighted by Gasteiger charge is 2.19. The van der Waals surface area contributed by atoms with Crippen molar-refractivity contribution in [1.82, 2.24) is 15.0 Å². The molecule has 0 radical (unpaired) electrons. The largest absolute Gasteiger partial charge is 0.351 e. The number of aromatic nitrogens is 2. The van der Waals surface area contributed by atoms with Gasteiger partial charge in [0.1, 0.15) is 0 Å². The minimum Gasteiger partial charge on any atom is -0.351 e. The van der Waals surface area contributed by atoms with Gasteiger partial charge in [-0.2, -0.15) is 0 Å². The van der Waals surface area contributed by atoms with Crippen molar-refractivity contribution in [3.63, 3.8) is 0 Å². The molecule has 0 bridgehead atoms. The van der Waals surface area contributed by atoms with E-state index in [9.17, 15) is 4.79 Å². The maximum absolute atomic E-state index is 12.6. The monoisotopic (exact) mass is 307 g/mol. The Morgan fingerprint density at radius 2 is 1.83 bits per heavy atom. The number of nitrogens with zero attached hydrogens (tertiary/aromatic N) is 3. The van der Waals surface area contributed by atoms with Crippen LogP contribution in [0.2, 0.25) is 0 Å². The lowest BCUT2D eigenvalue weighted by atomic mass is 10.1. The fraction of sp³-hybridized carbons (Fsp3) is 0.167. The Balaban J connectivity index is 1.74. The zero-order chi connectivity index (χ0) is 15.9. The molecule has 0 spiro atoms. The van der Waals surface area contributed by atoms with Crippen molar-refractivity contribution in [3.8, 4) is 0 Å². The highest BCUT2D eigenvalue weighted by atomic mass is 16.5. The maximum atomic E-state index is 12.6. The summed E-state index contributed by atoms with van der Waals surface area (Å²) >= 11 is 0. The van der Waals surface area contributed by atoms with Gasteiger partial charge in [-0.05, 0) is 24.1 Å². The molecule has 3 rings (SSSR count). The first kappa shape index (κ1) is 15.0. The number of rotatable bonds is 6. The van der Waals surface area contributed by atoms with Gasteiger partial charge in [-0.3, -0.25) is 9.78 Å². The Kier molecular flexibility index (Phi) is 4.79. The van der Waals surface area contributed by atoms with Crippen LogP contribution in [0.4, 0.5) is 0 Å². The van der Waals surface area contributed by atoms with Gasteiger partial charge in [0.25, 0.3) is 5.91 Å². The summed E-state index contributed by atoms with van der Waals surface area (Å²) < 4.78 is 5.00. The molecule has 0 N–H and O–H groups in total. The van der Waals surface area contributed by atoms with Crippen molar-refractivity contribution in [3.05, 3.63) is 84.0 Å². The van der Waals surface area contributed by atoms with Gasteiger partial charge in [-0.15, -0.1) is 0 Å². The van der Waals surface area contributed by atoms with Crippen LogP contribution in [0.15, 0.2) is 71.5 Å². The van der Waals surface area contributed by atoms with E-state index in [-0.39, 0.29) is 11.7 Å². The summed E-state index contributed by atoms with van der Waals surface area (Å²) in [6, 6.07) is 17.3. The second-order valence-corrected chi connectivity index (χ2v) is 5.16. The Hall–Kier alpha value is -2.95. The van der Waals surface area contributed by atoms with Crippen LogP contribution in [0.25, 0.3) is 0 Å². The van der Waals surface area contributed by atoms with Crippen LogP contribution in [0.3, 0.4) is 0 Å². The van der Waals surface area contributed by atoms with E-state index < -0.39 is 0 Å². The van der Waals surface area contributed by atoms with Crippen molar-refractivity contribution >= 4 is 5.91 Å². The van der Waals surface area contributed by atoms with E-state index in [4.69, 9.17) is 4.52 Å². The number of hydrogen-bond acceptors (Lipinski definition) is 4. The van der Waals surface area contributed by atoms with Crippen molar-refractivity contribution < 1.29 is 9.32 Å². The van der Waals surface area contributed by atoms with E-state index in [1.807, 2.05) is 36.4 Å². The molecule has 0 aliphatic carbocycles. The molecule has 116 valence electrons. The average Bonchev–Trinajstić information content (AvgIpc) is 3.14. The molecule has 5 nitrogen and oxygen atoms in total. The summed E-state index contributed by atoms with van der Waals surface area (Å²) in [5, 5.41) is 3.61. The van der Waals surface area contributed by atoms with Gasteiger partial charge >= 0.3 is 0 Å².